The largest absolute Gasteiger partial charge is 0.493 e. The third-order valence-corrected chi connectivity index (χ3v) is 6.48. The van der Waals surface area contributed by atoms with Crippen LogP contribution >= 0.6 is 11.8 Å². The molecule has 1 aromatic rings. The number of para-hydroxylation sites is 1. The van der Waals surface area contributed by atoms with E-state index in [0.717, 1.165) is 29.6 Å². The molecular weight excluding hydrogens is 332 g/mol. The minimum atomic E-state index is 0.677. The Morgan fingerprint density at radius 3 is 2.72 bits per heavy atom. The van der Waals surface area contributed by atoms with E-state index in [1.165, 1.54) is 56.1 Å². The van der Waals surface area contributed by atoms with Gasteiger partial charge in [0.1, 0.15) is 6.61 Å². The Hall–Kier alpha value is -1.17. The van der Waals surface area contributed by atoms with Crippen molar-refractivity contribution in [2.24, 2.45) is 0 Å². The summed E-state index contributed by atoms with van der Waals surface area (Å²) < 4.78 is 11.4. The molecule has 2 saturated heterocycles. The van der Waals surface area contributed by atoms with Crippen molar-refractivity contribution in [2.45, 2.75) is 18.9 Å². The number of hydrogen-bond acceptors (Lipinski definition) is 5. The average Bonchev–Trinajstić information content (AvgIpc) is 2.68. The Balaban J connectivity index is 1.33. The highest BCUT2D eigenvalue weighted by Gasteiger charge is 2.26. The third-order valence-electron chi connectivity index (χ3n) is 5.54. The molecule has 4 rings (SSSR count). The molecule has 0 aliphatic carbocycles. The Morgan fingerprint density at radius 1 is 1.16 bits per heavy atom. The number of benzene rings is 1. The van der Waals surface area contributed by atoms with Gasteiger partial charge < -0.3 is 9.47 Å². The van der Waals surface area contributed by atoms with Crippen LogP contribution in [0.15, 0.2) is 23.8 Å². The van der Waals surface area contributed by atoms with E-state index in [0.29, 0.717) is 6.61 Å². The molecule has 4 nitrogen and oxygen atoms in total. The van der Waals surface area contributed by atoms with Crippen LogP contribution in [0.25, 0.3) is 6.08 Å². The molecule has 5 heteroatoms. The second kappa shape index (κ2) is 8.02. The quantitative estimate of drug-likeness (QED) is 0.822. The molecular formula is C20H28N2O2S. The first-order chi connectivity index (χ1) is 12.3. The van der Waals surface area contributed by atoms with Crippen LogP contribution < -0.4 is 9.47 Å². The van der Waals surface area contributed by atoms with E-state index in [9.17, 15) is 0 Å². The second-order valence-corrected chi connectivity index (χ2v) is 8.35. The molecule has 3 aliphatic rings. The van der Waals surface area contributed by atoms with Gasteiger partial charge in [0.05, 0.1) is 7.11 Å². The highest BCUT2D eigenvalue weighted by molar-refractivity contribution is 7.99. The SMILES string of the molecule is COc1cccc2c1OCC(CN1CCC(N3CCSCC3)CC1)=C2. The standard InChI is InChI=1S/C20H28N2O2S/c1-23-19-4-2-3-17-13-16(15-24-20(17)19)14-21-7-5-18(6-8-21)22-9-11-25-12-10-22/h2-4,13,18H,5-12,14-15H2,1H3. The lowest BCUT2D eigenvalue weighted by Crippen LogP contribution is -2.48. The molecule has 2 fully saturated rings. The zero-order valence-electron chi connectivity index (χ0n) is 15.1. The minimum absolute atomic E-state index is 0.677. The van der Waals surface area contributed by atoms with Crippen molar-refractivity contribution in [3.05, 3.63) is 29.3 Å². The van der Waals surface area contributed by atoms with E-state index in [1.807, 2.05) is 12.1 Å². The van der Waals surface area contributed by atoms with Gasteiger partial charge in [-0.15, -0.1) is 0 Å². The highest BCUT2D eigenvalue weighted by atomic mass is 32.2. The fourth-order valence-electron chi connectivity index (χ4n) is 4.15. The van der Waals surface area contributed by atoms with E-state index in [4.69, 9.17) is 9.47 Å². The van der Waals surface area contributed by atoms with E-state index >= 15 is 0 Å². The van der Waals surface area contributed by atoms with Gasteiger partial charge in [-0.2, -0.15) is 11.8 Å². The summed E-state index contributed by atoms with van der Waals surface area (Å²) in [6.07, 6.45) is 4.90. The molecule has 0 amide bonds. The fourth-order valence-corrected chi connectivity index (χ4v) is 5.08. The van der Waals surface area contributed by atoms with Crippen molar-refractivity contribution in [3.63, 3.8) is 0 Å². The maximum Gasteiger partial charge on any atom is 0.168 e. The van der Waals surface area contributed by atoms with Crippen molar-refractivity contribution in [1.82, 2.24) is 9.80 Å². The van der Waals surface area contributed by atoms with Crippen LogP contribution in [0, 0.1) is 0 Å². The summed E-state index contributed by atoms with van der Waals surface area (Å²) in [5.41, 5.74) is 2.51. The number of methoxy groups -OCH3 is 1. The molecule has 0 bridgehead atoms. The van der Waals surface area contributed by atoms with Gasteiger partial charge in [0.25, 0.3) is 0 Å². The molecule has 0 N–H and O–H groups in total. The number of thioether (sulfide) groups is 1. The summed E-state index contributed by atoms with van der Waals surface area (Å²) in [5.74, 6) is 4.34. The Labute approximate surface area is 155 Å². The molecule has 0 spiro atoms. The molecule has 1 aromatic carbocycles. The maximum atomic E-state index is 5.99. The van der Waals surface area contributed by atoms with E-state index in [-0.39, 0.29) is 0 Å². The average molecular weight is 361 g/mol. The molecule has 3 aliphatic heterocycles. The van der Waals surface area contributed by atoms with Crippen LogP contribution in [-0.4, -0.2) is 73.8 Å². The normalized spacial score (nSPS) is 22.8. The van der Waals surface area contributed by atoms with Crippen molar-refractivity contribution in [3.8, 4) is 11.5 Å². The van der Waals surface area contributed by atoms with Crippen molar-refractivity contribution in [1.29, 1.82) is 0 Å². The number of fused-ring (bicyclic) bond motifs is 1. The van der Waals surface area contributed by atoms with Crippen molar-refractivity contribution >= 4 is 17.8 Å². The van der Waals surface area contributed by atoms with Crippen LogP contribution in [-0.2, 0) is 0 Å². The molecule has 0 atom stereocenters. The first-order valence-corrected chi connectivity index (χ1v) is 10.5. The zero-order chi connectivity index (χ0) is 17.1. The molecule has 0 saturated carbocycles. The summed E-state index contributed by atoms with van der Waals surface area (Å²) in [7, 11) is 1.70. The lowest BCUT2D eigenvalue weighted by Gasteiger charge is -2.40. The number of piperidine rings is 1. The van der Waals surface area contributed by atoms with Gasteiger partial charge >= 0.3 is 0 Å². The molecule has 0 aromatic heterocycles. The van der Waals surface area contributed by atoms with Gasteiger partial charge in [-0.25, -0.2) is 0 Å². The molecule has 0 radical (unpaired) electrons. The van der Waals surface area contributed by atoms with Gasteiger partial charge in [0.15, 0.2) is 11.5 Å². The first kappa shape index (κ1) is 17.3. The van der Waals surface area contributed by atoms with Crippen molar-refractivity contribution < 1.29 is 9.47 Å². The molecule has 3 heterocycles. The lowest BCUT2D eigenvalue weighted by molar-refractivity contribution is 0.120. The minimum Gasteiger partial charge on any atom is -0.493 e. The van der Waals surface area contributed by atoms with Crippen LogP contribution in [0.1, 0.15) is 18.4 Å². The number of ether oxygens (including phenoxy) is 2. The van der Waals surface area contributed by atoms with Crippen LogP contribution in [0.2, 0.25) is 0 Å². The predicted molar refractivity (Wildman–Crippen MR) is 105 cm³/mol. The van der Waals surface area contributed by atoms with E-state index < -0.39 is 0 Å². The van der Waals surface area contributed by atoms with Gasteiger partial charge in [0, 0.05) is 42.7 Å². The van der Waals surface area contributed by atoms with Gasteiger partial charge in [0.2, 0.25) is 0 Å². The number of likely N-dealkylation sites (tertiary alicyclic amines) is 1. The summed E-state index contributed by atoms with van der Waals surface area (Å²) in [5, 5.41) is 0. The summed E-state index contributed by atoms with van der Waals surface area (Å²) in [6, 6.07) is 6.90. The first-order valence-electron chi connectivity index (χ1n) is 9.37. The zero-order valence-corrected chi connectivity index (χ0v) is 15.9. The third kappa shape index (κ3) is 3.99. The van der Waals surface area contributed by atoms with Crippen molar-refractivity contribution in [2.75, 3.05) is 57.9 Å². The summed E-state index contributed by atoms with van der Waals surface area (Å²) >= 11 is 2.10. The fraction of sp³-hybridized carbons (Fsp3) is 0.600. The Bertz CT molecular complexity index is 620. The van der Waals surface area contributed by atoms with Crippen LogP contribution in [0.4, 0.5) is 0 Å². The second-order valence-electron chi connectivity index (χ2n) is 7.13. The molecule has 136 valence electrons. The Kier molecular flexibility index (Phi) is 5.54. The van der Waals surface area contributed by atoms with Gasteiger partial charge in [-0.1, -0.05) is 12.1 Å². The monoisotopic (exact) mass is 360 g/mol. The summed E-state index contributed by atoms with van der Waals surface area (Å²) in [4.78, 5) is 5.31. The summed E-state index contributed by atoms with van der Waals surface area (Å²) in [6.45, 7) is 6.68. The molecule has 0 unspecified atom stereocenters. The van der Waals surface area contributed by atoms with Crippen LogP contribution in [0.5, 0.6) is 11.5 Å². The van der Waals surface area contributed by atoms with E-state index in [1.54, 1.807) is 7.11 Å². The number of rotatable bonds is 4. The smallest absolute Gasteiger partial charge is 0.168 e. The van der Waals surface area contributed by atoms with E-state index in [2.05, 4.69) is 33.7 Å². The highest BCUT2D eigenvalue weighted by Crippen LogP contribution is 2.35. The van der Waals surface area contributed by atoms with Crippen LogP contribution in [0.3, 0.4) is 0 Å². The maximum absolute atomic E-state index is 5.99. The number of nitrogens with zero attached hydrogens (tertiary/aromatic N) is 2. The topological polar surface area (TPSA) is 24.9 Å². The lowest BCUT2D eigenvalue weighted by atomic mass is 10.0. The predicted octanol–water partition coefficient (Wildman–Crippen LogP) is 2.98. The van der Waals surface area contributed by atoms with Gasteiger partial charge in [-0.3, -0.25) is 9.80 Å². The van der Waals surface area contributed by atoms with Gasteiger partial charge in [-0.05, 0) is 43.6 Å². The Morgan fingerprint density at radius 2 is 1.96 bits per heavy atom. The molecule has 25 heavy (non-hydrogen) atoms. The number of hydrogen-bond donors (Lipinski definition) is 0.